The topological polar surface area (TPSA) is 138 Å². The fourth-order valence-corrected chi connectivity index (χ4v) is 5.54. The van der Waals surface area contributed by atoms with E-state index in [9.17, 15) is 4.79 Å². The summed E-state index contributed by atoms with van der Waals surface area (Å²) in [7, 11) is 1.58. The summed E-state index contributed by atoms with van der Waals surface area (Å²) in [5.74, 6) is 1.16. The minimum atomic E-state index is -1.48. The van der Waals surface area contributed by atoms with Crippen molar-refractivity contribution in [3.05, 3.63) is 140 Å². The number of hydrogen-bond donors (Lipinski definition) is 2. The molecule has 2 N–H and O–H groups in total. The highest BCUT2D eigenvalue weighted by Gasteiger charge is 2.53. The summed E-state index contributed by atoms with van der Waals surface area (Å²) >= 11 is 6.44. The third-order valence-corrected chi connectivity index (χ3v) is 8.08. The van der Waals surface area contributed by atoms with Crippen LogP contribution in [0.5, 0.6) is 11.5 Å². The number of rotatable bonds is 14. The van der Waals surface area contributed by atoms with E-state index in [-0.39, 0.29) is 37.9 Å². The van der Waals surface area contributed by atoms with Crippen molar-refractivity contribution in [1.82, 2.24) is 5.32 Å². The minimum Gasteiger partial charge on any atom is -0.497 e. The molecule has 0 radical (unpaired) electrons. The standard InChI is InChI=1S/C35H34ClN5O5/c1-44-30-12-6-11-25(20-30)32-35(21-26-8-2-3-9-27(26)23-39-41-37,34(43)38-22-28-10-4-5-13-31(28)36)40-33(46-32)24-14-16-29(17-15-24)45-19-7-18-42/h2-6,8-17,20,32,42H,7,18-19,21-23H2,1H3,(H,38,43)/t32-,35-/m1/s1. The Bertz CT molecular complexity index is 1740. The van der Waals surface area contributed by atoms with E-state index < -0.39 is 11.6 Å². The summed E-state index contributed by atoms with van der Waals surface area (Å²) in [5, 5.41) is 16.5. The maximum Gasteiger partial charge on any atom is 0.252 e. The summed E-state index contributed by atoms with van der Waals surface area (Å²) < 4.78 is 17.9. The van der Waals surface area contributed by atoms with Crippen LogP contribution in [0, 0.1) is 0 Å². The smallest absolute Gasteiger partial charge is 0.252 e. The third-order valence-electron chi connectivity index (χ3n) is 7.71. The summed E-state index contributed by atoms with van der Waals surface area (Å²) in [6.07, 6.45) is -0.184. The first-order chi connectivity index (χ1) is 22.5. The van der Waals surface area contributed by atoms with Gasteiger partial charge >= 0.3 is 0 Å². The number of aliphatic imine (C=N–C) groups is 1. The van der Waals surface area contributed by atoms with Gasteiger partial charge in [0.15, 0.2) is 11.6 Å². The van der Waals surface area contributed by atoms with Crippen molar-refractivity contribution in [2.75, 3.05) is 20.3 Å². The zero-order valence-corrected chi connectivity index (χ0v) is 26.1. The molecule has 0 unspecified atom stereocenters. The van der Waals surface area contributed by atoms with Gasteiger partial charge in [-0.05, 0) is 70.2 Å². The van der Waals surface area contributed by atoms with Gasteiger partial charge in [-0.2, -0.15) is 0 Å². The Labute approximate surface area is 272 Å². The van der Waals surface area contributed by atoms with Crippen LogP contribution < -0.4 is 14.8 Å². The van der Waals surface area contributed by atoms with Crippen molar-refractivity contribution in [1.29, 1.82) is 0 Å². The van der Waals surface area contributed by atoms with E-state index in [1.54, 1.807) is 25.3 Å². The molecule has 2 atom stereocenters. The molecule has 5 rings (SSSR count). The number of hydrogen-bond acceptors (Lipinski definition) is 7. The Hall–Kier alpha value is -5.02. The minimum absolute atomic E-state index is 0.0427. The molecule has 10 nitrogen and oxygen atoms in total. The maximum absolute atomic E-state index is 14.6. The lowest BCUT2D eigenvalue weighted by Gasteiger charge is -2.31. The van der Waals surface area contributed by atoms with Crippen LogP contribution in [0.2, 0.25) is 5.02 Å². The van der Waals surface area contributed by atoms with Crippen molar-refractivity contribution < 1.29 is 24.1 Å². The highest BCUT2D eigenvalue weighted by atomic mass is 35.5. The quantitative estimate of drug-likeness (QED) is 0.0681. The van der Waals surface area contributed by atoms with Crippen LogP contribution in [0.1, 0.15) is 40.3 Å². The number of aliphatic hydroxyl groups is 1. The van der Waals surface area contributed by atoms with Gasteiger partial charge in [-0.25, -0.2) is 4.99 Å². The molecule has 4 aromatic carbocycles. The molecule has 4 aromatic rings. The van der Waals surface area contributed by atoms with Gasteiger partial charge in [-0.3, -0.25) is 4.79 Å². The predicted molar refractivity (Wildman–Crippen MR) is 176 cm³/mol. The molecule has 0 saturated heterocycles. The first-order valence-corrected chi connectivity index (χ1v) is 15.2. The molecule has 236 valence electrons. The Morgan fingerprint density at radius 3 is 2.48 bits per heavy atom. The number of nitrogens with one attached hydrogen (secondary N) is 1. The average Bonchev–Trinajstić information content (AvgIpc) is 3.48. The molecular formula is C35H34ClN5O5. The molecule has 0 spiro atoms. The van der Waals surface area contributed by atoms with E-state index in [0.717, 1.165) is 16.7 Å². The zero-order valence-electron chi connectivity index (χ0n) is 25.3. The predicted octanol–water partition coefficient (Wildman–Crippen LogP) is 6.74. The zero-order chi connectivity index (χ0) is 32.4. The molecule has 0 aliphatic carbocycles. The van der Waals surface area contributed by atoms with Crippen LogP contribution in [0.4, 0.5) is 0 Å². The summed E-state index contributed by atoms with van der Waals surface area (Å²) in [6.45, 7) is 0.718. The SMILES string of the molecule is COc1cccc([C@H]2OC(c3ccc(OCCCO)cc3)=N[C@@]2(Cc2ccccc2CN=[N+]=[N-])C(=O)NCc2ccccc2Cl)c1. The van der Waals surface area contributed by atoms with Crippen molar-refractivity contribution >= 4 is 23.4 Å². The van der Waals surface area contributed by atoms with Crippen molar-refractivity contribution in [2.24, 2.45) is 10.1 Å². The second-order valence-electron chi connectivity index (χ2n) is 10.7. The number of halogens is 1. The summed E-state index contributed by atoms with van der Waals surface area (Å²) in [4.78, 5) is 22.6. The van der Waals surface area contributed by atoms with Crippen LogP contribution in [-0.2, 0) is 29.0 Å². The van der Waals surface area contributed by atoms with Crippen molar-refractivity contribution in [2.45, 2.75) is 37.6 Å². The van der Waals surface area contributed by atoms with Gasteiger partial charge in [-0.1, -0.05) is 71.3 Å². The van der Waals surface area contributed by atoms with Crippen LogP contribution in [0.25, 0.3) is 10.4 Å². The number of carbonyl (C=O) groups excluding carboxylic acids is 1. The van der Waals surface area contributed by atoms with Crippen LogP contribution >= 0.6 is 11.6 Å². The molecule has 0 saturated carbocycles. The van der Waals surface area contributed by atoms with E-state index in [1.807, 2.05) is 78.9 Å². The lowest BCUT2D eigenvalue weighted by Crippen LogP contribution is -2.49. The fraction of sp³-hybridized carbons (Fsp3) is 0.257. The van der Waals surface area contributed by atoms with Gasteiger partial charge in [-0.15, -0.1) is 0 Å². The van der Waals surface area contributed by atoms with E-state index in [4.69, 9.17) is 41.4 Å². The molecule has 1 heterocycles. The highest BCUT2D eigenvalue weighted by molar-refractivity contribution is 6.31. The lowest BCUT2D eigenvalue weighted by molar-refractivity contribution is -0.129. The summed E-state index contributed by atoms with van der Waals surface area (Å²) in [6, 6.07) is 29.5. The van der Waals surface area contributed by atoms with Crippen molar-refractivity contribution in [3.8, 4) is 11.5 Å². The highest BCUT2D eigenvalue weighted by Crippen LogP contribution is 2.44. The number of nitrogens with zero attached hydrogens (tertiary/aromatic N) is 4. The average molecular weight is 640 g/mol. The first kappa shape index (κ1) is 32.4. The normalized spacial score (nSPS) is 16.9. The first-order valence-electron chi connectivity index (χ1n) is 14.8. The molecule has 1 amide bonds. The number of carbonyl (C=O) groups is 1. The molecule has 1 aliphatic heterocycles. The van der Waals surface area contributed by atoms with Crippen LogP contribution in [0.15, 0.2) is 107 Å². The largest absolute Gasteiger partial charge is 0.497 e. The number of amides is 1. The second-order valence-corrected chi connectivity index (χ2v) is 11.1. The molecule has 0 fully saturated rings. The summed E-state index contributed by atoms with van der Waals surface area (Å²) in [5.41, 5.74) is 11.2. The van der Waals surface area contributed by atoms with E-state index >= 15 is 0 Å². The van der Waals surface area contributed by atoms with Crippen LogP contribution in [-0.4, -0.2) is 42.8 Å². The Kier molecular flexibility index (Phi) is 10.8. The van der Waals surface area contributed by atoms with Gasteiger partial charge in [0.2, 0.25) is 5.90 Å². The Balaban J connectivity index is 1.61. The Morgan fingerprint density at radius 1 is 1.02 bits per heavy atom. The second kappa shape index (κ2) is 15.3. The maximum atomic E-state index is 14.6. The van der Waals surface area contributed by atoms with Crippen LogP contribution in [0.3, 0.4) is 0 Å². The van der Waals surface area contributed by atoms with Gasteiger partial charge in [0, 0.05) is 41.5 Å². The molecule has 11 heteroatoms. The molecule has 46 heavy (non-hydrogen) atoms. The van der Waals surface area contributed by atoms with Crippen molar-refractivity contribution in [3.63, 3.8) is 0 Å². The molecular weight excluding hydrogens is 606 g/mol. The van der Waals surface area contributed by atoms with E-state index in [0.29, 0.717) is 40.7 Å². The third kappa shape index (κ3) is 7.43. The van der Waals surface area contributed by atoms with Gasteiger partial charge in [0.25, 0.3) is 5.91 Å². The number of ether oxygens (including phenoxy) is 3. The van der Waals surface area contributed by atoms with Gasteiger partial charge in [0.1, 0.15) is 11.5 Å². The fourth-order valence-electron chi connectivity index (χ4n) is 5.34. The lowest BCUT2D eigenvalue weighted by atomic mass is 9.80. The molecule has 1 aliphatic rings. The number of benzene rings is 4. The Morgan fingerprint density at radius 2 is 1.76 bits per heavy atom. The number of aliphatic hydroxyl groups excluding tert-OH is 1. The van der Waals surface area contributed by atoms with E-state index in [2.05, 4.69) is 15.3 Å². The van der Waals surface area contributed by atoms with Gasteiger partial charge < -0.3 is 24.6 Å². The van der Waals surface area contributed by atoms with E-state index in [1.165, 1.54) is 0 Å². The molecule has 0 aromatic heterocycles. The number of azide groups is 1. The molecule has 0 bridgehead atoms. The number of methoxy groups -OCH3 is 1. The monoisotopic (exact) mass is 639 g/mol. The van der Waals surface area contributed by atoms with Gasteiger partial charge in [0.05, 0.1) is 20.3 Å².